The Kier molecular flexibility index (Phi) is 3.31. The van der Waals surface area contributed by atoms with Crippen LogP contribution >= 0.6 is 0 Å². The van der Waals surface area contributed by atoms with E-state index in [1.54, 1.807) is 17.1 Å². The van der Waals surface area contributed by atoms with Gasteiger partial charge in [0, 0.05) is 24.5 Å². The standard InChI is InChI=1S/C18H16N6O/c1-2-15-18(19-5-1)23-17(22-15)14-8-21-24(9-14)16-4-3-12(7-20-16)6-13-10-25-11-13/h1-5,7-9,13H,6,10-11H2,(H,19,22,23). The van der Waals surface area contributed by atoms with E-state index in [1.165, 1.54) is 5.56 Å². The zero-order valence-electron chi connectivity index (χ0n) is 13.5. The molecule has 0 spiro atoms. The maximum atomic E-state index is 5.22. The summed E-state index contributed by atoms with van der Waals surface area (Å²) >= 11 is 0. The number of H-pyrrole nitrogens is 1. The van der Waals surface area contributed by atoms with Gasteiger partial charge in [0.05, 0.1) is 30.5 Å². The number of hydrogen-bond donors (Lipinski definition) is 1. The van der Waals surface area contributed by atoms with E-state index in [0.29, 0.717) is 11.6 Å². The van der Waals surface area contributed by atoms with Crippen LogP contribution in [0.4, 0.5) is 0 Å². The third-order valence-electron chi connectivity index (χ3n) is 4.39. The summed E-state index contributed by atoms with van der Waals surface area (Å²) in [5.41, 5.74) is 3.74. The predicted molar refractivity (Wildman–Crippen MR) is 92.3 cm³/mol. The van der Waals surface area contributed by atoms with Crippen molar-refractivity contribution in [3.05, 3.63) is 54.6 Å². The minimum absolute atomic E-state index is 0.630. The van der Waals surface area contributed by atoms with Crippen LogP contribution in [0.5, 0.6) is 0 Å². The molecule has 1 saturated heterocycles. The van der Waals surface area contributed by atoms with E-state index >= 15 is 0 Å². The lowest BCUT2D eigenvalue weighted by molar-refractivity contribution is -0.0312. The van der Waals surface area contributed by atoms with Crippen molar-refractivity contribution in [2.75, 3.05) is 13.2 Å². The molecule has 1 aliphatic heterocycles. The van der Waals surface area contributed by atoms with Crippen LogP contribution in [0.3, 0.4) is 0 Å². The van der Waals surface area contributed by atoms with Crippen molar-refractivity contribution in [1.29, 1.82) is 0 Å². The monoisotopic (exact) mass is 332 g/mol. The van der Waals surface area contributed by atoms with Crippen LogP contribution in [-0.2, 0) is 11.2 Å². The molecule has 5 rings (SSSR count). The van der Waals surface area contributed by atoms with Crippen molar-refractivity contribution in [2.24, 2.45) is 5.92 Å². The number of pyridine rings is 2. The second-order valence-electron chi connectivity index (χ2n) is 6.27. The number of ether oxygens (including phenoxy) is 1. The molecule has 124 valence electrons. The average Bonchev–Trinajstić information content (AvgIpc) is 3.25. The van der Waals surface area contributed by atoms with Gasteiger partial charge in [0.1, 0.15) is 5.82 Å². The first-order valence-corrected chi connectivity index (χ1v) is 8.24. The lowest BCUT2D eigenvalue weighted by atomic mass is 9.99. The smallest absolute Gasteiger partial charge is 0.178 e. The molecule has 0 unspecified atom stereocenters. The molecule has 4 aromatic rings. The van der Waals surface area contributed by atoms with E-state index in [4.69, 9.17) is 4.74 Å². The molecule has 1 aliphatic rings. The second kappa shape index (κ2) is 5.78. The fourth-order valence-corrected chi connectivity index (χ4v) is 2.96. The Morgan fingerprint density at radius 2 is 2.12 bits per heavy atom. The molecule has 25 heavy (non-hydrogen) atoms. The normalized spacial score (nSPS) is 14.7. The number of nitrogens with one attached hydrogen (secondary N) is 1. The van der Waals surface area contributed by atoms with Gasteiger partial charge in [0.25, 0.3) is 0 Å². The maximum absolute atomic E-state index is 5.22. The molecule has 0 bridgehead atoms. The third-order valence-corrected chi connectivity index (χ3v) is 4.39. The van der Waals surface area contributed by atoms with Gasteiger partial charge in [0.2, 0.25) is 0 Å². The van der Waals surface area contributed by atoms with E-state index < -0.39 is 0 Å². The zero-order valence-corrected chi connectivity index (χ0v) is 13.5. The second-order valence-corrected chi connectivity index (χ2v) is 6.27. The van der Waals surface area contributed by atoms with Gasteiger partial charge >= 0.3 is 0 Å². The number of imidazole rings is 1. The van der Waals surface area contributed by atoms with Crippen LogP contribution in [0.25, 0.3) is 28.4 Å². The summed E-state index contributed by atoms with van der Waals surface area (Å²) < 4.78 is 6.97. The summed E-state index contributed by atoms with van der Waals surface area (Å²) in [5.74, 6) is 2.17. The van der Waals surface area contributed by atoms with Crippen LogP contribution < -0.4 is 0 Å². The zero-order chi connectivity index (χ0) is 16.6. The van der Waals surface area contributed by atoms with E-state index in [0.717, 1.165) is 42.4 Å². The minimum atomic E-state index is 0.630. The molecule has 5 heterocycles. The van der Waals surface area contributed by atoms with E-state index in [9.17, 15) is 0 Å². The van der Waals surface area contributed by atoms with Crippen molar-refractivity contribution in [2.45, 2.75) is 6.42 Å². The molecule has 7 nitrogen and oxygen atoms in total. The van der Waals surface area contributed by atoms with Crippen molar-refractivity contribution in [1.82, 2.24) is 29.7 Å². The molecule has 0 radical (unpaired) electrons. The minimum Gasteiger partial charge on any atom is -0.381 e. The summed E-state index contributed by atoms with van der Waals surface area (Å²) in [5, 5.41) is 4.40. The lowest BCUT2D eigenvalue weighted by Crippen LogP contribution is -2.29. The summed E-state index contributed by atoms with van der Waals surface area (Å²) in [6.45, 7) is 1.72. The molecule has 4 aromatic heterocycles. The van der Waals surface area contributed by atoms with Gasteiger partial charge in [-0.3, -0.25) is 0 Å². The Bertz CT molecular complexity index is 982. The quantitative estimate of drug-likeness (QED) is 0.620. The first-order valence-electron chi connectivity index (χ1n) is 8.24. The molecule has 0 atom stereocenters. The number of fused-ring (bicyclic) bond motifs is 1. The summed E-state index contributed by atoms with van der Waals surface area (Å²) in [6.07, 6.45) is 8.36. The van der Waals surface area contributed by atoms with Gasteiger partial charge < -0.3 is 9.72 Å². The fraction of sp³-hybridized carbons (Fsp3) is 0.222. The largest absolute Gasteiger partial charge is 0.381 e. The summed E-state index contributed by atoms with van der Waals surface area (Å²) in [6, 6.07) is 7.94. The highest BCUT2D eigenvalue weighted by atomic mass is 16.5. The molecular weight excluding hydrogens is 316 g/mol. The lowest BCUT2D eigenvalue weighted by Gasteiger charge is -2.25. The Morgan fingerprint density at radius 3 is 2.88 bits per heavy atom. The molecule has 0 aliphatic carbocycles. The highest BCUT2D eigenvalue weighted by Gasteiger charge is 2.18. The average molecular weight is 332 g/mol. The van der Waals surface area contributed by atoms with E-state index in [1.807, 2.05) is 30.6 Å². The Balaban J connectivity index is 1.39. The van der Waals surface area contributed by atoms with Gasteiger partial charge in [-0.1, -0.05) is 6.07 Å². The first kappa shape index (κ1) is 14.3. The van der Waals surface area contributed by atoms with Crippen LogP contribution in [0.2, 0.25) is 0 Å². The van der Waals surface area contributed by atoms with E-state index in [2.05, 4.69) is 31.1 Å². The van der Waals surface area contributed by atoms with Crippen LogP contribution in [0.1, 0.15) is 5.56 Å². The first-order chi connectivity index (χ1) is 12.3. The topological polar surface area (TPSA) is 81.5 Å². The molecule has 0 aromatic carbocycles. The highest BCUT2D eigenvalue weighted by molar-refractivity contribution is 5.75. The predicted octanol–water partition coefficient (Wildman–Crippen LogP) is 2.39. The van der Waals surface area contributed by atoms with Crippen LogP contribution in [-0.4, -0.2) is 42.9 Å². The summed E-state index contributed by atoms with van der Waals surface area (Å²) in [7, 11) is 0. The van der Waals surface area contributed by atoms with Crippen molar-refractivity contribution in [3.8, 4) is 17.2 Å². The molecule has 7 heteroatoms. The van der Waals surface area contributed by atoms with E-state index in [-0.39, 0.29) is 0 Å². The molecular formula is C18H16N6O. The maximum Gasteiger partial charge on any atom is 0.178 e. The molecule has 1 N–H and O–H groups in total. The van der Waals surface area contributed by atoms with Gasteiger partial charge in [0.15, 0.2) is 11.5 Å². The molecule has 0 saturated carbocycles. The van der Waals surface area contributed by atoms with Crippen molar-refractivity contribution >= 4 is 11.2 Å². The van der Waals surface area contributed by atoms with Crippen LogP contribution in [0, 0.1) is 5.92 Å². The van der Waals surface area contributed by atoms with Crippen molar-refractivity contribution < 1.29 is 4.74 Å². The SMILES string of the molecule is c1cnc2nc(-c3cnn(-c4ccc(CC5COC5)cn4)c3)[nH]c2c1. The number of aromatic amines is 1. The number of aromatic nitrogens is 6. The highest BCUT2D eigenvalue weighted by Crippen LogP contribution is 2.20. The fourth-order valence-electron chi connectivity index (χ4n) is 2.96. The third kappa shape index (κ3) is 2.68. The van der Waals surface area contributed by atoms with Crippen LogP contribution in [0.15, 0.2) is 49.1 Å². The molecule has 0 amide bonds. The molecule has 1 fully saturated rings. The number of rotatable bonds is 4. The van der Waals surface area contributed by atoms with Crippen molar-refractivity contribution in [3.63, 3.8) is 0 Å². The number of hydrogen-bond acceptors (Lipinski definition) is 5. The summed E-state index contributed by atoms with van der Waals surface area (Å²) in [4.78, 5) is 16.5. The van der Waals surface area contributed by atoms with Gasteiger partial charge in [-0.25, -0.2) is 19.6 Å². The Labute approximate surface area is 143 Å². The van der Waals surface area contributed by atoms with Gasteiger partial charge in [-0.2, -0.15) is 5.10 Å². The Hall–Kier alpha value is -3.06. The number of nitrogens with zero attached hydrogens (tertiary/aromatic N) is 5. The van der Waals surface area contributed by atoms with Gasteiger partial charge in [-0.05, 0) is 30.2 Å². The Morgan fingerprint density at radius 1 is 1.16 bits per heavy atom. The van der Waals surface area contributed by atoms with Gasteiger partial charge in [-0.15, -0.1) is 0 Å².